The minimum absolute atomic E-state index is 0.914. The van der Waals surface area contributed by atoms with E-state index in [1.807, 2.05) is 0 Å². The number of quaternary nitrogens is 1. The molecule has 3 heteroatoms. The molecule has 88 valence electrons. The van der Waals surface area contributed by atoms with E-state index in [1.54, 1.807) is 0 Å². The molecule has 1 aromatic heterocycles. The Morgan fingerprint density at radius 2 is 2.06 bits per heavy atom. The molecule has 1 aliphatic heterocycles. The number of ether oxygens (including phenoxy) is 1. The molecule has 1 aromatic rings. The van der Waals surface area contributed by atoms with Gasteiger partial charge in [-0.25, -0.2) is 4.57 Å². The van der Waals surface area contributed by atoms with E-state index < -0.39 is 0 Å². The maximum Gasteiger partial charge on any atom is 0.186 e. The number of morpholine rings is 1. The van der Waals surface area contributed by atoms with Crippen LogP contribution < -0.4 is 4.57 Å². The number of hydrogen-bond acceptors (Lipinski definition) is 1. The molecule has 0 amide bonds. The summed E-state index contributed by atoms with van der Waals surface area (Å²) < 4.78 is 8.78. The first-order chi connectivity index (χ1) is 7.70. The lowest BCUT2D eigenvalue weighted by atomic mass is 10.2. The van der Waals surface area contributed by atoms with Gasteiger partial charge in [0, 0.05) is 12.1 Å². The van der Waals surface area contributed by atoms with Crippen LogP contribution in [-0.4, -0.2) is 44.4 Å². The second-order valence-electron chi connectivity index (χ2n) is 4.96. The molecule has 0 radical (unpaired) electrons. The quantitative estimate of drug-likeness (QED) is 0.537. The van der Waals surface area contributed by atoms with Crippen molar-refractivity contribution in [1.82, 2.24) is 0 Å². The Kier molecular flexibility index (Phi) is 3.56. The van der Waals surface area contributed by atoms with Crippen LogP contribution in [0.2, 0.25) is 0 Å². The highest BCUT2D eigenvalue weighted by Crippen LogP contribution is 2.08. The van der Waals surface area contributed by atoms with Gasteiger partial charge in [0.25, 0.3) is 0 Å². The molecule has 1 saturated heterocycles. The second-order valence-corrected chi connectivity index (χ2v) is 4.96. The van der Waals surface area contributed by atoms with Gasteiger partial charge >= 0.3 is 0 Å². The zero-order valence-electron chi connectivity index (χ0n) is 10.4. The van der Waals surface area contributed by atoms with Crippen molar-refractivity contribution >= 4 is 0 Å². The number of hydrogen-bond donors (Lipinski definition) is 0. The molecule has 16 heavy (non-hydrogen) atoms. The summed E-state index contributed by atoms with van der Waals surface area (Å²) in [7, 11) is 4.46. The van der Waals surface area contributed by atoms with Crippen molar-refractivity contribution in [3.63, 3.8) is 0 Å². The van der Waals surface area contributed by atoms with Gasteiger partial charge in [0.05, 0.1) is 33.2 Å². The molecule has 1 aliphatic rings. The molecule has 0 aromatic carbocycles. The van der Waals surface area contributed by atoms with Gasteiger partial charge in [-0.1, -0.05) is 6.07 Å². The lowest BCUT2D eigenvalue weighted by molar-refractivity contribution is -0.917. The number of aromatic nitrogens is 1. The van der Waals surface area contributed by atoms with E-state index in [9.17, 15) is 0 Å². The zero-order chi connectivity index (χ0) is 11.4. The third-order valence-corrected chi connectivity index (χ3v) is 3.62. The largest absolute Gasteiger partial charge is 0.370 e. The van der Waals surface area contributed by atoms with Crippen LogP contribution in [0.1, 0.15) is 5.69 Å². The first kappa shape index (κ1) is 11.6. The summed E-state index contributed by atoms with van der Waals surface area (Å²) in [6.07, 6.45) is 3.27. The minimum Gasteiger partial charge on any atom is -0.370 e. The van der Waals surface area contributed by atoms with Crippen LogP contribution in [0.4, 0.5) is 0 Å². The number of rotatable bonds is 3. The highest BCUT2D eigenvalue weighted by Gasteiger charge is 2.25. The average Bonchev–Trinajstić information content (AvgIpc) is 2.29. The van der Waals surface area contributed by atoms with Crippen molar-refractivity contribution in [2.24, 2.45) is 7.05 Å². The minimum atomic E-state index is 0.914. The van der Waals surface area contributed by atoms with E-state index >= 15 is 0 Å². The van der Waals surface area contributed by atoms with Gasteiger partial charge in [0.2, 0.25) is 0 Å². The first-order valence-corrected chi connectivity index (χ1v) is 6.04. The second kappa shape index (κ2) is 4.93. The number of aryl methyl sites for hydroxylation is 1. The monoisotopic (exact) mass is 222 g/mol. The van der Waals surface area contributed by atoms with Gasteiger partial charge in [-0.05, 0) is 0 Å². The fraction of sp³-hybridized carbons (Fsp3) is 0.615. The van der Waals surface area contributed by atoms with Crippen LogP contribution in [0.5, 0.6) is 0 Å². The summed E-state index contributed by atoms with van der Waals surface area (Å²) >= 11 is 0. The topological polar surface area (TPSA) is 13.1 Å². The van der Waals surface area contributed by atoms with Gasteiger partial charge < -0.3 is 9.22 Å². The van der Waals surface area contributed by atoms with Gasteiger partial charge in [-0.3, -0.25) is 0 Å². The van der Waals surface area contributed by atoms with Crippen LogP contribution in [0.15, 0.2) is 24.4 Å². The fourth-order valence-corrected chi connectivity index (χ4v) is 2.21. The normalized spacial score (nSPS) is 19.6. The Hall–Kier alpha value is -0.930. The third-order valence-electron chi connectivity index (χ3n) is 3.62. The van der Waals surface area contributed by atoms with Crippen molar-refractivity contribution in [1.29, 1.82) is 0 Å². The molecule has 2 rings (SSSR count). The van der Waals surface area contributed by atoms with Crippen LogP contribution in [-0.2, 0) is 18.2 Å². The van der Waals surface area contributed by atoms with Gasteiger partial charge in [-0.2, -0.15) is 0 Å². The van der Waals surface area contributed by atoms with E-state index in [-0.39, 0.29) is 0 Å². The van der Waals surface area contributed by atoms with Gasteiger partial charge in [0.15, 0.2) is 11.9 Å². The molecule has 0 atom stereocenters. The molecular weight excluding hydrogens is 200 g/mol. The maximum atomic E-state index is 5.42. The Bertz CT molecular complexity index is 346. The molecule has 2 heterocycles. The Morgan fingerprint density at radius 3 is 2.75 bits per heavy atom. The van der Waals surface area contributed by atoms with Crippen molar-refractivity contribution in [3.05, 3.63) is 30.1 Å². The Morgan fingerprint density at radius 1 is 1.31 bits per heavy atom. The van der Waals surface area contributed by atoms with Crippen LogP contribution in [0.3, 0.4) is 0 Å². The smallest absolute Gasteiger partial charge is 0.186 e. The van der Waals surface area contributed by atoms with Crippen molar-refractivity contribution in [2.75, 3.05) is 39.9 Å². The van der Waals surface area contributed by atoms with E-state index in [1.165, 1.54) is 12.2 Å². The van der Waals surface area contributed by atoms with Gasteiger partial charge in [0.1, 0.15) is 20.1 Å². The summed E-state index contributed by atoms with van der Waals surface area (Å²) in [6.45, 7) is 5.34. The summed E-state index contributed by atoms with van der Waals surface area (Å²) in [5.74, 6) is 0. The zero-order valence-corrected chi connectivity index (χ0v) is 10.4. The highest BCUT2D eigenvalue weighted by molar-refractivity contribution is 4.97. The third kappa shape index (κ3) is 2.80. The van der Waals surface area contributed by atoms with E-state index in [4.69, 9.17) is 4.74 Å². The predicted octanol–water partition coefficient (Wildman–Crippen LogP) is 0.530. The Labute approximate surface area is 97.9 Å². The average molecular weight is 222 g/mol. The van der Waals surface area contributed by atoms with Crippen LogP contribution in [0, 0.1) is 0 Å². The van der Waals surface area contributed by atoms with Crippen LogP contribution >= 0.6 is 0 Å². The highest BCUT2D eigenvalue weighted by atomic mass is 16.5. The summed E-state index contributed by atoms with van der Waals surface area (Å²) in [5.41, 5.74) is 1.41. The number of pyridine rings is 1. The lowest BCUT2D eigenvalue weighted by Crippen LogP contribution is -2.53. The van der Waals surface area contributed by atoms with Crippen molar-refractivity contribution < 1.29 is 13.8 Å². The molecule has 0 bridgehead atoms. The van der Waals surface area contributed by atoms with E-state index in [0.29, 0.717) is 0 Å². The standard InChI is InChI=1S/C13H22N2O/c1-14-7-4-3-5-13(14)6-8-15(2)9-11-16-12-10-15/h3-5,7H,6,8-12H2,1-2H3/q+2. The molecule has 0 spiro atoms. The molecule has 0 saturated carbocycles. The molecular formula is C13H22N2O+2. The SMILES string of the molecule is C[n+]1ccccc1CC[N+]1(C)CCOCC1. The predicted molar refractivity (Wildman–Crippen MR) is 62.9 cm³/mol. The number of nitrogens with zero attached hydrogens (tertiary/aromatic N) is 2. The summed E-state index contributed by atoms with van der Waals surface area (Å²) in [6, 6.07) is 6.41. The molecule has 3 nitrogen and oxygen atoms in total. The van der Waals surface area contributed by atoms with Crippen molar-refractivity contribution in [3.8, 4) is 0 Å². The molecule has 0 unspecified atom stereocenters. The fourth-order valence-electron chi connectivity index (χ4n) is 2.21. The number of likely N-dealkylation sites (N-methyl/N-ethyl adjacent to an activating group) is 1. The first-order valence-electron chi connectivity index (χ1n) is 6.04. The summed E-state index contributed by atoms with van der Waals surface area (Å²) in [4.78, 5) is 0. The Balaban J connectivity index is 1.94. The lowest BCUT2D eigenvalue weighted by Gasteiger charge is -2.37. The summed E-state index contributed by atoms with van der Waals surface area (Å²) in [5, 5.41) is 0. The maximum absolute atomic E-state index is 5.42. The molecule has 0 aliphatic carbocycles. The molecule has 0 N–H and O–H groups in total. The van der Waals surface area contributed by atoms with Crippen LogP contribution in [0.25, 0.3) is 0 Å². The van der Waals surface area contributed by atoms with Crippen molar-refractivity contribution in [2.45, 2.75) is 6.42 Å². The van der Waals surface area contributed by atoms with Gasteiger partial charge in [-0.15, -0.1) is 0 Å². The van der Waals surface area contributed by atoms with E-state index in [0.717, 1.165) is 37.2 Å². The van der Waals surface area contributed by atoms with E-state index in [2.05, 4.69) is 43.1 Å². The molecule has 1 fully saturated rings.